The molecule has 0 aliphatic carbocycles. The minimum absolute atomic E-state index is 0.0495. The fourth-order valence-corrected chi connectivity index (χ4v) is 5.35. The first kappa shape index (κ1) is 24.8. The maximum absolute atomic E-state index is 12.2. The minimum Gasteiger partial charge on any atom is -0.394 e. The molecule has 1 aliphatic rings. The van der Waals surface area contributed by atoms with E-state index in [2.05, 4.69) is 4.98 Å². The number of aromatic amines is 1. The summed E-state index contributed by atoms with van der Waals surface area (Å²) in [6, 6.07) is 8.65. The third-order valence-electron chi connectivity index (χ3n) is 4.87. The van der Waals surface area contributed by atoms with Crippen LogP contribution in [0.3, 0.4) is 0 Å². The number of hydrogen-bond acceptors (Lipinski definition) is 8. The molecular formula is C19H21ClN3O7PS. The van der Waals surface area contributed by atoms with Crippen LogP contribution in [0, 0.1) is 18.3 Å². The minimum atomic E-state index is -3.92. The summed E-state index contributed by atoms with van der Waals surface area (Å²) < 4.78 is 18.1. The van der Waals surface area contributed by atoms with Gasteiger partial charge in [-0.05, 0) is 24.8 Å². The van der Waals surface area contributed by atoms with Crippen molar-refractivity contribution in [3.05, 3.63) is 67.4 Å². The Morgan fingerprint density at radius 1 is 1.47 bits per heavy atom. The van der Waals surface area contributed by atoms with E-state index in [0.717, 1.165) is 0 Å². The van der Waals surface area contributed by atoms with E-state index >= 15 is 0 Å². The van der Waals surface area contributed by atoms with E-state index in [1.54, 1.807) is 24.3 Å². The Morgan fingerprint density at radius 3 is 2.84 bits per heavy atom. The molecule has 1 fully saturated rings. The molecule has 1 saturated heterocycles. The van der Waals surface area contributed by atoms with E-state index < -0.39 is 49.1 Å². The van der Waals surface area contributed by atoms with Crippen LogP contribution >= 0.6 is 18.3 Å². The van der Waals surface area contributed by atoms with E-state index in [1.807, 2.05) is 6.07 Å². The number of halogens is 1. The van der Waals surface area contributed by atoms with Gasteiger partial charge in [-0.3, -0.25) is 18.9 Å². The number of nitrogens with zero attached hydrogens (tertiary/aromatic N) is 2. The number of rotatable bonds is 8. The predicted molar refractivity (Wildman–Crippen MR) is 119 cm³/mol. The summed E-state index contributed by atoms with van der Waals surface area (Å²) in [6.45, 7) is -2.86. The van der Waals surface area contributed by atoms with Gasteiger partial charge < -0.3 is 19.3 Å². The van der Waals surface area contributed by atoms with E-state index in [0.29, 0.717) is 16.1 Å². The summed E-state index contributed by atoms with van der Waals surface area (Å²) in [6.07, 6.45) is -2.36. The third-order valence-corrected chi connectivity index (χ3v) is 6.79. The van der Waals surface area contributed by atoms with Crippen LogP contribution in [0.25, 0.3) is 0 Å². The lowest BCUT2D eigenvalue weighted by Crippen LogP contribution is -2.33. The Morgan fingerprint density at radius 2 is 2.19 bits per heavy atom. The number of hydrogen-bond donors (Lipinski definition) is 3. The maximum atomic E-state index is 12.2. The molecule has 3 rings (SSSR count). The van der Waals surface area contributed by atoms with E-state index in [4.69, 9.17) is 42.5 Å². The van der Waals surface area contributed by atoms with Gasteiger partial charge in [-0.25, -0.2) is 4.79 Å². The number of H-pyrrole nitrogens is 1. The number of benzene rings is 1. The van der Waals surface area contributed by atoms with Crippen LogP contribution in [0.5, 0.6) is 0 Å². The number of aliphatic hydroxyl groups is 1. The normalized spacial score (nSPS) is 23.4. The molecule has 13 heteroatoms. The zero-order valence-corrected chi connectivity index (χ0v) is 19.3. The fraction of sp³-hybridized carbons (Fsp3) is 0.421. The number of nitrogens with one attached hydrogen (secondary N) is 1. The first-order valence-corrected chi connectivity index (χ1v) is 12.5. The topological polar surface area (TPSA) is 147 Å². The molecular weight excluding hydrogens is 481 g/mol. The van der Waals surface area contributed by atoms with Crippen molar-refractivity contribution in [3.8, 4) is 6.07 Å². The zero-order valence-electron chi connectivity index (χ0n) is 16.9. The van der Waals surface area contributed by atoms with Crippen molar-refractivity contribution in [2.24, 2.45) is 0 Å². The molecule has 172 valence electrons. The highest BCUT2D eigenvalue weighted by Gasteiger charge is 2.41. The zero-order chi connectivity index (χ0) is 23.5. The lowest BCUT2D eigenvalue weighted by atomic mass is 10.1. The summed E-state index contributed by atoms with van der Waals surface area (Å²) in [7, 11) is 0. The van der Waals surface area contributed by atoms with Crippen LogP contribution < -0.4 is 11.2 Å². The lowest BCUT2D eigenvalue weighted by molar-refractivity contribution is -0.0450. The van der Waals surface area contributed by atoms with Crippen molar-refractivity contribution < 1.29 is 23.8 Å². The van der Waals surface area contributed by atoms with Crippen molar-refractivity contribution >= 4 is 30.1 Å². The standard InChI is InChI=1S/C19H21ClN3O7PS/c1-11-9-23(19(26)22-18(11)25)17-8-15(16(10-24)28-17)30-31(27,32)29-14(6-7-21)12-4-2-3-5-13(12)20/h2-5,9,14-17,24H,6,8,10H2,1H3,(H,27,32)(H,22,25,26)/t14?,15-,16+,17+,31?/m0/s1. The van der Waals surface area contributed by atoms with Crippen molar-refractivity contribution in [3.63, 3.8) is 0 Å². The quantitative estimate of drug-likeness (QED) is 0.462. The first-order valence-electron chi connectivity index (χ1n) is 9.54. The van der Waals surface area contributed by atoms with Gasteiger partial charge in [-0.15, -0.1) is 0 Å². The molecule has 0 saturated carbocycles. The first-order chi connectivity index (χ1) is 15.1. The summed E-state index contributed by atoms with van der Waals surface area (Å²) in [4.78, 5) is 36.7. The van der Waals surface area contributed by atoms with Crippen molar-refractivity contribution in [1.29, 1.82) is 5.26 Å². The van der Waals surface area contributed by atoms with Crippen LogP contribution in [0.15, 0.2) is 40.1 Å². The van der Waals surface area contributed by atoms with Crippen LogP contribution in [0.2, 0.25) is 5.02 Å². The third kappa shape index (κ3) is 5.73. The SMILES string of the molecule is Cc1cn([C@H]2C[C@H](OP(O)(=S)OC(CC#N)c3ccccc3Cl)[C@@H](CO)O2)c(=O)[nH]c1=O. The second-order valence-electron chi connectivity index (χ2n) is 7.12. The van der Waals surface area contributed by atoms with Crippen LogP contribution in [0.1, 0.15) is 36.3 Å². The number of aliphatic hydroxyl groups excluding tert-OH is 1. The highest BCUT2D eigenvalue weighted by atomic mass is 35.5. The molecule has 0 radical (unpaired) electrons. The molecule has 2 aromatic rings. The van der Waals surface area contributed by atoms with Crippen LogP contribution in [-0.2, 0) is 25.6 Å². The van der Waals surface area contributed by atoms with Crippen molar-refractivity contribution in [2.75, 3.05) is 6.61 Å². The second-order valence-corrected chi connectivity index (χ2v) is 10.3. The smallest absolute Gasteiger partial charge is 0.330 e. The molecule has 1 aliphatic heterocycles. The van der Waals surface area contributed by atoms with Gasteiger partial charge in [-0.2, -0.15) is 5.26 Å². The molecule has 2 heterocycles. The Bertz CT molecular complexity index is 1180. The molecule has 2 unspecified atom stereocenters. The van der Waals surface area contributed by atoms with E-state index in [9.17, 15) is 19.6 Å². The van der Waals surface area contributed by atoms with Gasteiger partial charge in [-0.1, -0.05) is 29.8 Å². The number of ether oxygens (including phenoxy) is 1. The molecule has 3 N–H and O–H groups in total. The number of nitriles is 1. The summed E-state index contributed by atoms with van der Waals surface area (Å²) >= 11 is 11.3. The molecule has 0 spiro atoms. The molecule has 5 atom stereocenters. The number of aromatic nitrogens is 2. The number of aryl methyl sites for hydroxylation is 1. The summed E-state index contributed by atoms with van der Waals surface area (Å²) in [5.74, 6) is 0. The van der Waals surface area contributed by atoms with Gasteiger partial charge in [0.05, 0.1) is 25.2 Å². The highest BCUT2D eigenvalue weighted by Crippen LogP contribution is 2.53. The van der Waals surface area contributed by atoms with Gasteiger partial charge in [0.1, 0.15) is 18.4 Å². The molecule has 0 amide bonds. The van der Waals surface area contributed by atoms with Gasteiger partial charge in [0, 0.05) is 28.8 Å². The fourth-order valence-electron chi connectivity index (χ4n) is 3.33. The average molecular weight is 502 g/mol. The Kier molecular flexibility index (Phi) is 8.03. The van der Waals surface area contributed by atoms with Gasteiger partial charge in [0.2, 0.25) is 0 Å². The summed E-state index contributed by atoms with van der Waals surface area (Å²) in [5.41, 5.74) is -0.432. The molecule has 1 aromatic carbocycles. The summed E-state index contributed by atoms with van der Waals surface area (Å²) in [5, 5.41) is 19.2. The Labute approximate surface area is 193 Å². The van der Waals surface area contributed by atoms with E-state index in [1.165, 1.54) is 17.7 Å². The van der Waals surface area contributed by atoms with Crippen molar-refractivity contribution in [1.82, 2.24) is 9.55 Å². The molecule has 10 nitrogen and oxygen atoms in total. The maximum Gasteiger partial charge on any atom is 0.330 e. The lowest BCUT2D eigenvalue weighted by Gasteiger charge is -2.26. The monoisotopic (exact) mass is 501 g/mol. The molecule has 1 aromatic heterocycles. The van der Waals surface area contributed by atoms with Crippen LogP contribution in [0.4, 0.5) is 0 Å². The average Bonchev–Trinajstić information content (AvgIpc) is 3.12. The highest BCUT2D eigenvalue weighted by molar-refractivity contribution is 8.07. The van der Waals surface area contributed by atoms with Crippen LogP contribution in [-0.4, -0.2) is 38.4 Å². The molecule has 0 bridgehead atoms. The Hall–Kier alpha value is -1.87. The largest absolute Gasteiger partial charge is 0.394 e. The van der Waals surface area contributed by atoms with Gasteiger partial charge >= 0.3 is 12.4 Å². The van der Waals surface area contributed by atoms with E-state index in [-0.39, 0.29) is 12.8 Å². The van der Waals surface area contributed by atoms with Crippen molar-refractivity contribution in [2.45, 2.75) is 44.3 Å². The molecule has 32 heavy (non-hydrogen) atoms. The Balaban J connectivity index is 1.78. The van der Waals surface area contributed by atoms with Gasteiger partial charge in [0.15, 0.2) is 0 Å². The second kappa shape index (κ2) is 10.4. The predicted octanol–water partition coefficient (Wildman–Crippen LogP) is 2.05. The van der Waals surface area contributed by atoms with Gasteiger partial charge in [0.25, 0.3) is 5.56 Å².